The van der Waals surface area contributed by atoms with E-state index in [1.54, 1.807) is 12.5 Å². The number of fused-ring (bicyclic) bond motifs is 2. The second-order valence-electron chi connectivity index (χ2n) is 5.10. The first-order valence-electron chi connectivity index (χ1n) is 6.92. The highest BCUT2D eigenvalue weighted by Crippen LogP contribution is 2.34. The van der Waals surface area contributed by atoms with Gasteiger partial charge in [0.25, 0.3) is 0 Å². The Hall–Kier alpha value is -3.14. The van der Waals surface area contributed by atoms with Crippen molar-refractivity contribution in [3.05, 3.63) is 61.1 Å². The molecule has 0 saturated carbocycles. The lowest BCUT2D eigenvalue weighted by atomic mass is 10.2. The molecular formula is C18H10O4. The molecule has 0 bridgehead atoms. The molecule has 0 aliphatic carbocycles. The van der Waals surface area contributed by atoms with E-state index in [4.69, 9.17) is 17.7 Å². The third-order valence-corrected chi connectivity index (χ3v) is 3.68. The topological polar surface area (TPSA) is 52.6 Å². The van der Waals surface area contributed by atoms with E-state index in [2.05, 4.69) is 0 Å². The molecule has 5 aromatic rings. The molecule has 0 unspecified atom stereocenters. The van der Waals surface area contributed by atoms with Crippen LogP contribution in [0.4, 0.5) is 0 Å². The van der Waals surface area contributed by atoms with Crippen LogP contribution in [0.5, 0.6) is 0 Å². The van der Waals surface area contributed by atoms with E-state index in [9.17, 15) is 0 Å². The number of benzene rings is 1. The Labute approximate surface area is 124 Å². The van der Waals surface area contributed by atoms with Crippen molar-refractivity contribution in [2.75, 3.05) is 0 Å². The van der Waals surface area contributed by atoms with Crippen LogP contribution in [0.3, 0.4) is 0 Å². The first kappa shape index (κ1) is 11.5. The Balaban J connectivity index is 1.69. The molecule has 0 saturated heterocycles. The van der Waals surface area contributed by atoms with Gasteiger partial charge in [-0.1, -0.05) is 0 Å². The second-order valence-corrected chi connectivity index (χ2v) is 5.10. The molecule has 0 fully saturated rings. The third kappa shape index (κ3) is 1.64. The minimum atomic E-state index is 0.707. The van der Waals surface area contributed by atoms with Gasteiger partial charge in [0.2, 0.25) is 0 Å². The van der Waals surface area contributed by atoms with Gasteiger partial charge in [0.1, 0.15) is 11.2 Å². The van der Waals surface area contributed by atoms with Crippen molar-refractivity contribution in [1.29, 1.82) is 0 Å². The molecule has 4 nitrogen and oxygen atoms in total. The van der Waals surface area contributed by atoms with Crippen LogP contribution in [0.1, 0.15) is 0 Å². The van der Waals surface area contributed by atoms with Gasteiger partial charge in [-0.05, 0) is 42.5 Å². The molecule has 106 valence electrons. The molecule has 0 radical (unpaired) electrons. The van der Waals surface area contributed by atoms with Crippen molar-refractivity contribution in [3.8, 4) is 23.0 Å². The average Bonchev–Trinajstić information content (AvgIpc) is 3.27. The van der Waals surface area contributed by atoms with Gasteiger partial charge in [-0.25, -0.2) is 0 Å². The molecule has 5 rings (SSSR count). The maximum Gasteiger partial charge on any atom is 0.170 e. The number of furan rings is 4. The van der Waals surface area contributed by atoms with Gasteiger partial charge in [-0.15, -0.1) is 0 Å². The van der Waals surface area contributed by atoms with E-state index in [1.807, 2.05) is 48.5 Å². The average molecular weight is 290 g/mol. The monoisotopic (exact) mass is 290 g/mol. The highest BCUT2D eigenvalue weighted by Gasteiger charge is 2.13. The van der Waals surface area contributed by atoms with Gasteiger partial charge in [0.15, 0.2) is 23.0 Å². The summed E-state index contributed by atoms with van der Waals surface area (Å²) in [4.78, 5) is 0. The molecule has 0 N–H and O–H groups in total. The quantitative estimate of drug-likeness (QED) is 0.418. The summed E-state index contributed by atoms with van der Waals surface area (Å²) in [6.45, 7) is 0. The summed E-state index contributed by atoms with van der Waals surface area (Å²) < 4.78 is 22.4. The first-order chi connectivity index (χ1) is 10.9. The molecule has 0 aliphatic rings. The zero-order chi connectivity index (χ0) is 14.5. The maximum absolute atomic E-state index is 5.84. The lowest BCUT2D eigenvalue weighted by Gasteiger charge is -1.89. The van der Waals surface area contributed by atoms with E-state index in [0.29, 0.717) is 23.0 Å². The largest absolute Gasteiger partial charge is 0.461 e. The van der Waals surface area contributed by atoms with Gasteiger partial charge in [0.05, 0.1) is 12.5 Å². The molecule has 4 aromatic heterocycles. The van der Waals surface area contributed by atoms with E-state index in [1.165, 1.54) is 0 Å². The smallest absolute Gasteiger partial charge is 0.170 e. The van der Waals surface area contributed by atoms with Crippen LogP contribution in [0.25, 0.3) is 45.0 Å². The van der Waals surface area contributed by atoms with Crippen molar-refractivity contribution in [1.82, 2.24) is 0 Å². The minimum Gasteiger partial charge on any atom is -0.461 e. The van der Waals surface area contributed by atoms with Crippen LogP contribution < -0.4 is 0 Å². The summed E-state index contributed by atoms with van der Waals surface area (Å²) in [6.07, 6.45) is 3.26. The summed E-state index contributed by atoms with van der Waals surface area (Å²) in [6, 6.07) is 15.3. The summed E-state index contributed by atoms with van der Waals surface area (Å²) in [7, 11) is 0. The summed E-state index contributed by atoms with van der Waals surface area (Å²) in [5.41, 5.74) is 1.53. The number of hydrogen-bond donors (Lipinski definition) is 0. The molecule has 1 aromatic carbocycles. The lowest BCUT2D eigenvalue weighted by Crippen LogP contribution is -1.63. The molecule has 0 atom stereocenters. The fourth-order valence-electron chi connectivity index (χ4n) is 2.66. The molecule has 0 amide bonds. The van der Waals surface area contributed by atoms with Crippen LogP contribution >= 0.6 is 0 Å². The van der Waals surface area contributed by atoms with Crippen LogP contribution in [0, 0.1) is 0 Å². The van der Waals surface area contributed by atoms with Gasteiger partial charge >= 0.3 is 0 Å². The lowest BCUT2D eigenvalue weighted by molar-refractivity contribution is 0.539. The fraction of sp³-hybridized carbons (Fsp3) is 0. The van der Waals surface area contributed by atoms with Crippen LogP contribution in [0.2, 0.25) is 0 Å². The predicted molar refractivity (Wildman–Crippen MR) is 81.4 cm³/mol. The van der Waals surface area contributed by atoms with Crippen LogP contribution in [-0.4, -0.2) is 0 Å². The van der Waals surface area contributed by atoms with E-state index >= 15 is 0 Å². The summed E-state index contributed by atoms with van der Waals surface area (Å²) >= 11 is 0. The highest BCUT2D eigenvalue weighted by atomic mass is 16.4. The maximum atomic E-state index is 5.84. The molecular weight excluding hydrogens is 280 g/mol. The minimum absolute atomic E-state index is 0.707. The summed E-state index contributed by atoms with van der Waals surface area (Å²) in [5.74, 6) is 2.84. The Morgan fingerprint density at radius 2 is 1.09 bits per heavy atom. The van der Waals surface area contributed by atoms with E-state index in [-0.39, 0.29) is 0 Å². The zero-order valence-electron chi connectivity index (χ0n) is 11.4. The zero-order valence-corrected chi connectivity index (χ0v) is 11.4. The van der Waals surface area contributed by atoms with Crippen LogP contribution in [0.15, 0.2) is 78.7 Å². The number of hydrogen-bond acceptors (Lipinski definition) is 4. The fourth-order valence-corrected chi connectivity index (χ4v) is 2.66. The van der Waals surface area contributed by atoms with E-state index in [0.717, 1.165) is 21.9 Å². The SMILES string of the molecule is c1coc(-c2cc3cc4cc(-c5ccco5)oc4cc3o2)c1. The molecule has 22 heavy (non-hydrogen) atoms. The van der Waals surface area contributed by atoms with Crippen molar-refractivity contribution >= 4 is 21.9 Å². The Morgan fingerprint density at radius 1 is 0.545 bits per heavy atom. The first-order valence-corrected chi connectivity index (χ1v) is 6.92. The van der Waals surface area contributed by atoms with Crippen molar-refractivity contribution in [2.45, 2.75) is 0 Å². The Bertz CT molecular complexity index is 925. The third-order valence-electron chi connectivity index (χ3n) is 3.68. The molecule has 4 heteroatoms. The van der Waals surface area contributed by atoms with Crippen molar-refractivity contribution in [3.63, 3.8) is 0 Å². The van der Waals surface area contributed by atoms with Crippen LogP contribution in [-0.2, 0) is 0 Å². The van der Waals surface area contributed by atoms with Crippen molar-refractivity contribution < 1.29 is 17.7 Å². The second kappa shape index (κ2) is 4.18. The highest BCUT2D eigenvalue weighted by molar-refractivity contribution is 5.96. The van der Waals surface area contributed by atoms with Crippen molar-refractivity contribution in [2.24, 2.45) is 0 Å². The normalized spacial score (nSPS) is 11.6. The summed E-state index contributed by atoms with van der Waals surface area (Å²) in [5, 5.41) is 2.01. The van der Waals surface area contributed by atoms with Gasteiger partial charge < -0.3 is 17.7 Å². The van der Waals surface area contributed by atoms with E-state index < -0.39 is 0 Å². The molecule has 4 heterocycles. The molecule has 0 spiro atoms. The Morgan fingerprint density at radius 3 is 1.55 bits per heavy atom. The van der Waals surface area contributed by atoms with Gasteiger partial charge in [0, 0.05) is 16.8 Å². The predicted octanol–water partition coefficient (Wildman–Crippen LogP) is 5.70. The van der Waals surface area contributed by atoms with Gasteiger partial charge in [-0.3, -0.25) is 0 Å². The standard InChI is InChI=1S/C18H10O4/c1-3-13(19-5-1)17-8-11-7-12-9-18(14-4-2-6-20-14)22-16(12)10-15(11)21-17/h1-10H. The van der Waals surface area contributed by atoms with Gasteiger partial charge in [-0.2, -0.15) is 0 Å². The molecule has 0 aliphatic heterocycles. The number of rotatable bonds is 2. The Kier molecular flexibility index (Phi) is 2.19.